The Labute approximate surface area is 155 Å². The van der Waals surface area contributed by atoms with Gasteiger partial charge in [0.2, 0.25) is 0 Å². The number of hydrogen-bond donors (Lipinski definition) is 1. The zero-order chi connectivity index (χ0) is 19.6. The van der Waals surface area contributed by atoms with Crippen LogP contribution >= 0.6 is 0 Å². The molecule has 3 rings (SSSR count). The summed E-state index contributed by atoms with van der Waals surface area (Å²) in [5, 5.41) is 3.46. The van der Waals surface area contributed by atoms with E-state index in [0.717, 1.165) is 17.4 Å². The van der Waals surface area contributed by atoms with Gasteiger partial charge in [-0.1, -0.05) is 0 Å². The molecule has 8 nitrogen and oxygen atoms in total. The summed E-state index contributed by atoms with van der Waals surface area (Å²) in [5.41, 5.74) is 1.03. The summed E-state index contributed by atoms with van der Waals surface area (Å²) >= 11 is 0. The molecule has 0 spiro atoms. The second kappa shape index (κ2) is 6.99. The van der Waals surface area contributed by atoms with E-state index in [2.05, 4.69) is 15.3 Å². The van der Waals surface area contributed by atoms with Gasteiger partial charge in [-0.3, -0.25) is 14.3 Å². The van der Waals surface area contributed by atoms with Crippen molar-refractivity contribution in [1.29, 1.82) is 0 Å². The van der Waals surface area contributed by atoms with Crippen LogP contribution in [0.25, 0.3) is 16.7 Å². The molecule has 1 N–H and O–H groups in total. The molecule has 3 heterocycles. The second-order valence-corrected chi connectivity index (χ2v) is 6.69. The highest BCUT2D eigenvalue weighted by molar-refractivity contribution is 5.92. The summed E-state index contributed by atoms with van der Waals surface area (Å²) < 4.78 is 1.84. The number of nitrogens with one attached hydrogen (secondary N) is 1. The maximum atomic E-state index is 12.2. The third-order valence-corrected chi connectivity index (χ3v) is 4.07. The summed E-state index contributed by atoms with van der Waals surface area (Å²) in [5.74, 6) is 0.436. The molecule has 0 aromatic carbocycles. The van der Waals surface area contributed by atoms with Gasteiger partial charge in [0, 0.05) is 30.4 Å². The topological polar surface area (TPSA) is 97.2 Å². The van der Waals surface area contributed by atoms with Gasteiger partial charge in [-0.25, -0.2) is 14.8 Å². The lowest BCUT2D eigenvalue weighted by Gasteiger charge is -2.24. The first-order valence-electron chi connectivity index (χ1n) is 8.25. The fraction of sp³-hybridized carbons (Fsp3) is 0.211. The molecular formula is C19H19N5O3. The lowest BCUT2D eigenvalue weighted by molar-refractivity contribution is -0.111. The van der Waals surface area contributed by atoms with Crippen molar-refractivity contribution in [3.05, 3.63) is 48.4 Å². The first-order chi connectivity index (χ1) is 12.8. The number of hydrogen-bond acceptors (Lipinski definition) is 5. The summed E-state index contributed by atoms with van der Waals surface area (Å²) in [6.45, 7) is 3.23. The van der Waals surface area contributed by atoms with E-state index in [1.54, 1.807) is 39.2 Å². The highest BCUT2D eigenvalue weighted by Crippen LogP contribution is 2.20. The van der Waals surface area contributed by atoms with Crippen LogP contribution in [0.2, 0.25) is 0 Å². The minimum atomic E-state index is -0.957. The minimum Gasteiger partial charge on any atom is -0.326 e. The maximum Gasteiger partial charge on any atom is 0.323 e. The fourth-order valence-electron chi connectivity index (χ4n) is 2.53. The van der Waals surface area contributed by atoms with Crippen LogP contribution in [-0.4, -0.2) is 45.7 Å². The normalized spacial score (nSPS) is 11.2. The van der Waals surface area contributed by atoms with Crippen molar-refractivity contribution in [2.75, 3.05) is 11.9 Å². The van der Waals surface area contributed by atoms with Crippen molar-refractivity contribution in [2.45, 2.75) is 19.4 Å². The number of aldehydes is 2. The van der Waals surface area contributed by atoms with E-state index in [1.807, 2.05) is 22.9 Å². The number of pyridine rings is 2. The lowest BCUT2D eigenvalue weighted by atomic mass is 10.1. The van der Waals surface area contributed by atoms with Gasteiger partial charge in [0.15, 0.2) is 6.29 Å². The standard InChI is InChI=1S/C19H19N5O3/c1-19(2,12-26)22-18(27)23(3)16-5-4-15(10-20-16)24-7-6-14-8-13(11-25)9-21-17(14)24/h4-12H,1-3H3,(H,22,27). The van der Waals surface area contributed by atoms with Crippen molar-refractivity contribution in [2.24, 2.45) is 0 Å². The van der Waals surface area contributed by atoms with Gasteiger partial charge in [-0.05, 0) is 38.1 Å². The van der Waals surface area contributed by atoms with E-state index in [-0.39, 0.29) is 0 Å². The quantitative estimate of drug-likeness (QED) is 0.700. The summed E-state index contributed by atoms with van der Waals surface area (Å²) in [6, 6.07) is 6.72. The molecule has 0 saturated heterocycles. The van der Waals surface area contributed by atoms with Gasteiger partial charge in [-0.15, -0.1) is 0 Å². The van der Waals surface area contributed by atoms with Crippen molar-refractivity contribution in [3.8, 4) is 5.69 Å². The van der Waals surface area contributed by atoms with Crippen molar-refractivity contribution in [1.82, 2.24) is 19.9 Å². The molecule has 0 unspecified atom stereocenters. The van der Waals surface area contributed by atoms with Crippen LogP contribution in [0.3, 0.4) is 0 Å². The lowest BCUT2D eigenvalue weighted by Crippen LogP contribution is -2.50. The monoisotopic (exact) mass is 365 g/mol. The Bertz CT molecular complexity index is 1010. The van der Waals surface area contributed by atoms with E-state index in [0.29, 0.717) is 23.3 Å². The number of anilines is 1. The number of carbonyl (C=O) groups is 3. The van der Waals surface area contributed by atoms with E-state index in [1.165, 1.54) is 11.1 Å². The largest absolute Gasteiger partial charge is 0.326 e. The van der Waals surface area contributed by atoms with Gasteiger partial charge in [0.25, 0.3) is 0 Å². The van der Waals surface area contributed by atoms with Crippen LogP contribution in [-0.2, 0) is 4.79 Å². The van der Waals surface area contributed by atoms with Crippen molar-refractivity contribution in [3.63, 3.8) is 0 Å². The molecule has 0 aliphatic rings. The molecule has 8 heteroatoms. The first kappa shape index (κ1) is 18.2. The Balaban J connectivity index is 1.84. The van der Waals surface area contributed by atoms with Gasteiger partial charge >= 0.3 is 6.03 Å². The predicted octanol–water partition coefficient (Wildman–Crippen LogP) is 2.36. The first-order valence-corrected chi connectivity index (χ1v) is 8.25. The molecular weight excluding hydrogens is 346 g/mol. The molecule has 0 bridgehead atoms. The van der Waals surface area contributed by atoms with Crippen LogP contribution < -0.4 is 10.2 Å². The number of aromatic nitrogens is 3. The van der Waals surface area contributed by atoms with Crippen LogP contribution in [0.5, 0.6) is 0 Å². The zero-order valence-corrected chi connectivity index (χ0v) is 15.2. The molecule has 27 heavy (non-hydrogen) atoms. The highest BCUT2D eigenvalue weighted by Gasteiger charge is 2.22. The van der Waals surface area contributed by atoms with E-state index < -0.39 is 11.6 Å². The number of amides is 2. The Morgan fingerprint density at radius 1 is 1.19 bits per heavy atom. The van der Waals surface area contributed by atoms with Crippen molar-refractivity contribution >= 4 is 35.5 Å². The van der Waals surface area contributed by atoms with E-state index in [4.69, 9.17) is 0 Å². The van der Waals surface area contributed by atoms with Crippen LogP contribution in [0.1, 0.15) is 24.2 Å². The van der Waals surface area contributed by atoms with Crippen LogP contribution in [0.4, 0.5) is 10.6 Å². The van der Waals surface area contributed by atoms with Crippen LogP contribution in [0.15, 0.2) is 42.9 Å². The molecule has 0 radical (unpaired) electrons. The van der Waals surface area contributed by atoms with Gasteiger partial charge in [-0.2, -0.15) is 0 Å². The molecule has 3 aromatic rings. The Kier molecular flexibility index (Phi) is 4.72. The Morgan fingerprint density at radius 3 is 2.59 bits per heavy atom. The Morgan fingerprint density at radius 2 is 1.96 bits per heavy atom. The average Bonchev–Trinajstić information content (AvgIpc) is 3.10. The number of urea groups is 1. The van der Waals surface area contributed by atoms with Gasteiger partial charge in [0.1, 0.15) is 17.8 Å². The number of nitrogens with zero attached hydrogens (tertiary/aromatic N) is 4. The highest BCUT2D eigenvalue weighted by atomic mass is 16.2. The summed E-state index contributed by atoms with van der Waals surface area (Å²) in [4.78, 5) is 44.1. The van der Waals surface area contributed by atoms with Gasteiger partial charge in [0.05, 0.1) is 17.4 Å². The molecule has 2 amide bonds. The molecule has 0 aliphatic carbocycles. The number of carbonyl (C=O) groups excluding carboxylic acids is 3. The van der Waals surface area contributed by atoms with E-state index in [9.17, 15) is 14.4 Å². The number of fused-ring (bicyclic) bond motifs is 1. The average molecular weight is 365 g/mol. The molecule has 0 fully saturated rings. The van der Waals surface area contributed by atoms with Crippen LogP contribution in [0, 0.1) is 0 Å². The minimum absolute atomic E-state index is 0.429. The molecule has 3 aromatic heterocycles. The second-order valence-electron chi connectivity index (χ2n) is 6.69. The molecule has 138 valence electrons. The molecule has 0 aliphatic heterocycles. The molecule has 0 atom stereocenters. The summed E-state index contributed by atoms with van der Waals surface area (Å²) in [7, 11) is 1.58. The Hall–Kier alpha value is -3.55. The SMILES string of the molecule is CN(C(=O)NC(C)(C)C=O)c1ccc(-n2ccc3cc(C=O)cnc32)cn1. The zero-order valence-electron chi connectivity index (χ0n) is 15.2. The third kappa shape index (κ3) is 3.69. The third-order valence-electron chi connectivity index (χ3n) is 4.07. The molecule has 0 saturated carbocycles. The smallest absolute Gasteiger partial charge is 0.323 e. The van der Waals surface area contributed by atoms with Gasteiger partial charge < -0.3 is 10.1 Å². The van der Waals surface area contributed by atoms with E-state index >= 15 is 0 Å². The predicted molar refractivity (Wildman–Crippen MR) is 101 cm³/mol. The van der Waals surface area contributed by atoms with Crippen molar-refractivity contribution < 1.29 is 14.4 Å². The maximum absolute atomic E-state index is 12.2. The summed E-state index contributed by atoms with van der Waals surface area (Å²) in [6.07, 6.45) is 6.41. The number of rotatable bonds is 5. The fourth-order valence-corrected chi connectivity index (χ4v) is 2.53.